The first-order chi connectivity index (χ1) is 17.6. The van der Waals surface area contributed by atoms with Crippen molar-refractivity contribution in [2.45, 2.75) is 32.5 Å². The maximum Gasteiger partial charge on any atom is 0.433 e. The molecule has 1 aliphatic rings. The highest BCUT2D eigenvalue weighted by Crippen LogP contribution is 2.56. The minimum Gasteiger partial charge on any atom is -0.494 e. The van der Waals surface area contributed by atoms with Crippen LogP contribution in [0, 0.1) is 11.3 Å². The number of carbonyl (C=O) groups excluding carboxylic acids is 2. The van der Waals surface area contributed by atoms with E-state index in [0.717, 1.165) is 11.6 Å². The molecular weight excluding hydrogens is 493 g/mol. The zero-order valence-corrected chi connectivity index (χ0v) is 20.1. The molecule has 1 amide bonds. The van der Waals surface area contributed by atoms with Crippen LogP contribution in [0.3, 0.4) is 0 Å². The first kappa shape index (κ1) is 26.2. The maximum atomic E-state index is 13.1. The highest BCUT2D eigenvalue weighted by molar-refractivity contribution is 5.93. The maximum absolute atomic E-state index is 13.1. The number of halogens is 3. The quantitative estimate of drug-likeness (QED) is 0.245. The van der Waals surface area contributed by atoms with E-state index in [1.54, 1.807) is 48.8 Å². The largest absolute Gasteiger partial charge is 0.494 e. The van der Waals surface area contributed by atoms with Gasteiger partial charge >= 0.3 is 12.1 Å². The number of alkyl halides is 3. The van der Waals surface area contributed by atoms with Crippen molar-refractivity contribution in [2.24, 2.45) is 11.3 Å². The number of fused-ring (bicyclic) bond motifs is 1. The molecule has 196 valence electrons. The van der Waals surface area contributed by atoms with Crippen LogP contribution in [0.5, 0.6) is 11.5 Å². The van der Waals surface area contributed by atoms with Gasteiger partial charge in [0.25, 0.3) is 0 Å². The Morgan fingerprint density at radius 3 is 2.49 bits per heavy atom. The van der Waals surface area contributed by atoms with E-state index in [9.17, 15) is 22.8 Å². The van der Waals surface area contributed by atoms with Crippen molar-refractivity contribution < 1.29 is 42.2 Å². The number of rotatable bonds is 9. The number of amides is 1. The lowest BCUT2D eigenvalue weighted by molar-refractivity contribution is -0.152. The lowest BCUT2D eigenvalue weighted by atomic mass is 9.93. The Balaban J connectivity index is 1.49. The van der Waals surface area contributed by atoms with E-state index in [0.29, 0.717) is 16.7 Å². The molecule has 0 spiro atoms. The molecule has 4 rings (SSSR count). The summed E-state index contributed by atoms with van der Waals surface area (Å²) in [6.07, 6.45) is -4.06. The molecule has 1 aliphatic carbocycles. The molecule has 1 aromatic heterocycles. The second kappa shape index (κ2) is 10.3. The summed E-state index contributed by atoms with van der Waals surface area (Å²) in [7, 11) is 1.36. The van der Waals surface area contributed by atoms with Gasteiger partial charge in [0.15, 0.2) is 0 Å². The molecule has 0 unspecified atom stereocenters. The number of hydroxylamine groups is 1. The average Bonchev–Trinajstić information content (AvgIpc) is 3.62. The Kier molecular flexibility index (Phi) is 7.26. The third-order valence-corrected chi connectivity index (χ3v) is 6.44. The molecule has 0 saturated heterocycles. The highest BCUT2D eigenvalue weighted by atomic mass is 19.4. The Morgan fingerprint density at radius 1 is 1.14 bits per heavy atom. The molecule has 11 heteroatoms. The predicted molar refractivity (Wildman–Crippen MR) is 125 cm³/mol. The van der Waals surface area contributed by atoms with Crippen LogP contribution in [0.25, 0.3) is 10.9 Å². The van der Waals surface area contributed by atoms with Crippen molar-refractivity contribution in [1.82, 2.24) is 10.5 Å². The fourth-order valence-corrected chi connectivity index (χ4v) is 4.42. The van der Waals surface area contributed by atoms with Gasteiger partial charge in [-0.3, -0.25) is 14.8 Å². The average molecular weight is 518 g/mol. The third-order valence-electron chi connectivity index (χ3n) is 6.44. The second-order valence-electron chi connectivity index (χ2n) is 8.74. The van der Waals surface area contributed by atoms with Crippen LogP contribution < -0.4 is 15.0 Å². The van der Waals surface area contributed by atoms with Gasteiger partial charge in [0.1, 0.15) is 29.3 Å². The minimum absolute atomic E-state index is 0.0679. The van der Waals surface area contributed by atoms with Crippen molar-refractivity contribution in [1.29, 1.82) is 0 Å². The van der Waals surface area contributed by atoms with Crippen LogP contribution in [0.4, 0.5) is 13.2 Å². The molecule has 1 heterocycles. The fraction of sp³-hybridized carbons (Fsp3) is 0.346. The summed E-state index contributed by atoms with van der Waals surface area (Å²) >= 11 is 0. The lowest BCUT2D eigenvalue weighted by Gasteiger charge is -2.16. The van der Waals surface area contributed by atoms with Gasteiger partial charge in [-0.05, 0) is 55.2 Å². The Hall–Kier alpha value is -3.86. The number of pyridine rings is 1. The Morgan fingerprint density at radius 2 is 1.86 bits per heavy atom. The summed E-state index contributed by atoms with van der Waals surface area (Å²) in [6, 6.07) is 12.4. The van der Waals surface area contributed by atoms with Crippen molar-refractivity contribution in [3.63, 3.8) is 0 Å². The second-order valence-corrected chi connectivity index (χ2v) is 8.74. The van der Waals surface area contributed by atoms with Gasteiger partial charge in [-0.1, -0.05) is 24.3 Å². The minimum atomic E-state index is -4.58. The van der Waals surface area contributed by atoms with Crippen LogP contribution in [0.2, 0.25) is 0 Å². The smallest absolute Gasteiger partial charge is 0.433 e. The molecule has 8 nitrogen and oxygen atoms in total. The molecule has 2 N–H and O–H groups in total. The number of methoxy groups -OCH3 is 1. The molecule has 1 fully saturated rings. The van der Waals surface area contributed by atoms with Gasteiger partial charge in [-0.25, -0.2) is 10.5 Å². The van der Waals surface area contributed by atoms with E-state index in [-0.39, 0.29) is 37.3 Å². The van der Waals surface area contributed by atoms with Crippen LogP contribution in [0.1, 0.15) is 30.2 Å². The SMILES string of the molecule is CCOC(=O)[C@@]1(Cc2ccc(OCc3ccc(OC)c4nc(C(F)(F)F)ccc34)cc2)C[C@@H]1C(=O)NO. The molecule has 37 heavy (non-hydrogen) atoms. The Labute approximate surface area is 210 Å². The van der Waals surface area contributed by atoms with E-state index in [1.165, 1.54) is 13.2 Å². The van der Waals surface area contributed by atoms with E-state index in [2.05, 4.69) is 4.98 Å². The summed E-state index contributed by atoms with van der Waals surface area (Å²) in [5.74, 6) is -1.08. The fourth-order valence-electron chi connectivity index (χ4n) is 4.42. The van der Waals surface area contributed by atoms with E-state index >= 15 is 0 Å². The molecular formula is C26H25F3N2O6. The number of aromatic nitrogens is 1. The van der Waals surface area contributed by atoms with Crippen LogP contribution in [-0.2, 0) is 33.5 Å². The van der Waals surface area contributed by atoms with Crippen LogP contribution in [0.15, 0.2) is 48.5 Å². The number of benzene rings is 2. The summed E-state index contributed by atoms with van der Waals surface area (Å²) < 4.78 is 55.6. The number of nitrogens with one attached hydrogen (secondary N) is 1. The van der Waals surface area contributed by atoms with E-state index in [4.69, 9.17) is 19.4 Å². The summed E-state index contributed by atoms with van der Waals surface area (Å²) in [5, 5.41) is 9.43. The third kappa shape index (κ3) is 5.31. The van der Waals surface area contributed by atoms with Gasteiger partial charge in [-0.15, -0.1) is 0 Å². The van der Waals surface area contributed by atoms with Crippen molar-refractivity contribution in [2.75, 3.05) is 13.7 Å². The first-order valence-electron chi connectivity index (χ1n) is 11.5. The normalized spacial score (nSPS) is 18.8. The topological polar surface area (TPSA) is 107 Å². The van der Waals surface area contributed by atoms with E-state index in [1.807, 2.05) is 0 Å². The van der Waals surface area contributed by atoms with Crippen molar-refractivity contribution in [3.05, 3.63) is 65.4 Å². The highest BCUT2D eigenvalue weighted by Gasteiger charge is 2.64. The summed E-state index contributed by atoms with van der Waals surface area (Å²) in [6.45, 7) is 1.92. The number of ether oxygens (including phenoxy) is 3. The molecule has 0 aliphatic heterocycles. The standard InChI is InChI=1S/C26H25F3N2O6/c1-3-36-24(33)25(13-19(25)23(32)31-34)12-15-4-7-17(8-5-15)37-14-16-6-10-20(35-2)22-18(16)9-11-21(30-22)26(27,28)29/h4-11,19,34H,3,12-14H2,1-2H3,(H,31,32)/t19-,25+/m1/s1. The number of esters is 1. The molecule has 2 aromatic carbocycles. The van der Waals surface area contributed by atoms with Crippen molar-refractivity contribution in [3.8, 4) is 11.5 Å². The monoisotopic (exact) mass is 518 g/mol. The number of carbonyl (C=O) groups is 2. The van der Waals surface area contributed by atoms with Crippen LogP contribution in [-0.4, -0.2) is 35.8 Å². The predicted octanol–water partition coefficient (Wildman–Crippen LogP) is 4.46. The number of nitrogens with zero attached hydrogens (tertiary/aromatic N) is 1. The zero-order chi connectivity index (χ0) is 26.8. The molecule has 2 atom stereocenters. The zero-order valence-electron chi connectivity index (χ0n) is 20.1. The van der Waals surface area contributed by atoms with Gasteiger partial charge in [0.05, 0.1) is 25.0 Å². The van der Waals surface area contributed by atoms with Gasteiger partial charge < -0.3 is 14.2 Å². The summed E-state index contributed by atoms with van der Waals surface area (Å²) in [4.78, 5) is 28.2. The molecule has 0 bridgehead atoms. The molecule has 1 saturated carbocycles. The van der Waals surface area contributed by atoms with Crippen molar-refractivity contribution >= 4 is 22.8 Å². The van der Waals surface area contributed by atoms with Gasteiger partial charge in [0, 0.05) is 5.39 Å². The number of hydrogen-bond acceptors (Lipinski definition) is 7. The van der Waals surface area contributed by atoms with Crippen LogP contribution >= 0.6 is 0 Å². The van der Waals surface area contributed by atoms with Gasteiger partial charge in [0.2, 0.25) is 5.91 Å². The van der Waals surface area contributed by atoms with E-state index < -0.39 is 35.1 Å². The molecule has 0 radical (unpaired) electrons. The van der Waals surface area contributed by atoms with Gasteiger partial charge in [-0.2, -0.15) is 13.2 Å². The first-order valence-corrected chi connectivity index (χ1v) is 11.5. The number of hydrogen-bond donors (Lipinski definition) is 2. The Bertz CT molecular complexity index is 1310. The lowest BCUT2D eigenvalue weighted by Crippen LogP contribution is -2.30. The summed E-state index contributed by atoms with van der Waals surface area (Å²) in [5.41, 5.74) is 1.04. The molecule has 3 aromatic rings.